The summed E-state index contributed by atoms with van der Waals surface area (Å²) in [6.45, 7) is 2.33. The lowest BCUT2D eigenvalue weighted by atomic mass is 9.89. The molecule has 2 unspecified atom stereocenters. The molecule has 0 spiro atoms. The van der Waals surface area contributed by atoms with Crippen molar-refractivity contribution in [3.05, 3.63) is 59.2 Å². The summed E-state index contributed by atoms with van der Waals surface area (Å²) in [6.07, 6.45) is 0. The molecule has 2 amide bonds. The molecule has 0 saturated carbocycles. The second-order valence-corrected chi connectivity index (χ2v) is 8.12. The van der Waals surface area contributed by atoms with E-state index in [-0.39, 0.29) is 23.6 Å². The average molecular weight is 382 g/mol. The van der Waals surface area contributed by atoms with E-state index in [1.54, 1.807) is 17.0 Å². The summed E-state index contributed by atoms with van der Waals surface area (Å²) in [5, 5.41) is 12.2. The highest BCUT2D eigenvalue weighted by molar-refractivity contribution is 8.00. The third kappa shape index (κ3) is 3.19. The minimum Gasteiger partial charge on any atom is -0.481 e. The van der Waals surface area contributed by atoms with Crippen molar-refractivity contribution in [3.63, 3.8) is 0 Å². The number of fused-ring (bicyclic) bond motifs is 2. The van der Waals surface area contributed by atoms with Crippen LogP contribution in [0.3, 0.4) is 0 Å². The van der Waals surface area contributed by atoms with E-state index < -0.39 is 11.9 Å². The molecule has 2 heterocycles. The van der Waals surface area contributed by atoms with E-state index in [9.17, 15) is 19.5 Å². The van der Waals surface area contributed by atoms with E-state index in [0.29, 0.717) is 17.8 Å². The van der Waals surface area contributed by atoms with Gasteiger partial charge in [0, 0.05) is 23.5 Å². The number of aliphatic carboxylic acids is 1. The summed E-state index contributed by atoms with van der Waals surface area (Å²) < 4.78 is 0. The van der Waals surface area contributed by atoms with E-state index in [1.807, 2.05) is 37.3 Å². The molecule has 2 aliphatic heterocycles. The third-order valence-electron chi connectivity index (χ3n) is 4.94. The maximum Gasteiger partial charge on any atom is 0.312 e. The molecule has 2 atom stereocenters. The van der Waals surface area contributed by atoms with Crippen LogP contribution in [0, 0.1) is 0 Å². The maximum absolute atomic E-state index is 13.0. The molecule has 0 aliphatic carbocycles. The van der Waals surface area contributed by atoms with Crippen LogP contribution in [0.1, 0.15) is 34.3 Å². The summed E-state index contributed by atoms with van der Waals surface area (Å²) in [5.74, 6) is -2.01. The van der Waals surface area contributed by atoms with Crippen LogP contribution in [0.15, 0.2) is 47.4 Å². The standard InChI is InChI=1S/C20H18N2O4S/c1-11-18(23)21-16-8-12(6-7-17(16)27-11)19(24)22-9-13-4-2-3-5-14(13)15(10-22)20(25)26/h2-8,11,15H,9-10H2,1H3,(H,21,23)(H,25,26). The van der Waals surface area contributed by atoms with E-state index in [4.69, 9.17) is 0 Å². The number of nitrogens with one attached hydrogen (secondary N) is 1. The molecule has 2 aromatic rings. The number of nitrogens with zero attached hydrogens (tertiary/aromatic N) is 1. The predicted molar refractivity (Wildman–Crippen MR) is 102 cm³/mol. The number of hydrogen-bond acceptors (Lipinski definition) is 4. The minimum atomic E-state index is -0.942. The number of amides is 2. The van der Waals surface area contributed by atoms with Gasteiger partial charge in [0.2, 0.25) is 5.91 Å². The Labute approximate surface area is 160 Å². The fourth-order valence-corrected chi connectivity index (χ4v) is 4.43. The number of anilines is 1. The van der Waals surface area contributed by atoms with Gasteiger partial charge in [0.15, 0.2) is 0 Å². The average Bonchev–Trinajstić information content (AvgIpc) is 2.67. The minimum absolute atomic E-state index is 0.0880. The van der Waals surface area contributed by atoms with Crippen molar-refractivity contribution >= 4 is 35.2 Å². The lowest BCUT2D eigenvalue weighted by Gasteiger charge is -2.33. The van der Waals surface area contributed by atoms with Gasteiger partial charge in [-0.2, -0.15) is 0 Å². The fraction of sp³-hybridized carbons (Fsp3) is 0.250. The van der Waals surface area contributed by atoms with Crippen molar-refractivity contribution in [2.45, 2.75) is 29.5 Å². The number of carboxylic acid groups (broad SMARTS) is 1. The molecule has 0 saturated heterocycles. The normalized spacial score (nSPS) is 21.1. The van der Waals surface area contributed by atoms with Gasteiger partial charge in [0.05, 0.1) is 16.9 Å². The number of benzene rings is 2. The van der Waals surface area contributed by atoms with Crippen molar-refractivity contribution in [1.29, 1.82) is 0 Å². The Morgan fingerprint density at radius 1 is 1.22 bits per heavy atom. The number of carbonyl (C=O) groups is 3. The van der Waals surface area contributed by atoms with Crippen molar-refractivity contribution in [2.24, 2.45) is 0 Å². The van der Waals surface area contributed by atoms with Crippen molar-refractivity contribution in [1.82, 2.24) is 4.90 Å². The lowest BCUT2D eigenvalue weighted by Crippen LogP contribution is -2.40. The largest absolute Gasteiger partial charge is 0.481 e. The Kier molecular flexibility index (Phi) is 4.39. The number of hydrogen-bond donors (Lipinski definition) is 2. The zero-order valence-corrected chi connectivity index (χ0v) is 15.5. The number of rotatable bonds is 2. The van der Waals surface area contributed by atoms with Gasteiger partial charge in [-0.1, -0.05) is 24.3 Å². The first-order valence-electron chi connectivity index (χ1n) is 8.65. The number of carbonyl (C=O) groups excluding carboxylic acids is 2. The Morgan fingerprint density at radius 2 is 2.00 bits per heavy atom. The Hall–Kier alpha value is -2.80. The molecule has 138 valence electrons. The lowest BCUT2D eigenvalue weighted by molar-refractivity contribution is -0.139. The quantitative estimate of drug-likeness (QED) is 0.834. The molecule has 0 radical (unpaired) electrons. The van der Waals surface area contributed by atoms with Crippen LogP contribution in [0.4, 0.5) is 5.69 Å². The van der Waals surface area contributed by atoms with Gasteiger partial charge in [0.1, 0.15) is 0 Å². The second kappa shape index (κ2) is 6.74. The molecular weight excluding hydrogens is 364 g/mol. The van der Waals surface area contributed by atoms with Crippen molar-refractivity contribution in [2.75, 3.05) is 11.9 Å². The highest BCUT2D eigenvalue weighted by Gasteiger charge is 2.33. The monoisotopic (exact) mass is 382 g/mol. The number of carboxylic acids is 1. The Balaban J connectivity index is 1.63. The zero-order valence-electron chi connectivity index (χ0n) is 14.6. The molecular formula is C20H18N2O4S. The van der Waals surface area contributed by atoms with Crippen LogP contribution >= 0.6 is 11.8 Å². The molecule has 2 aromatic carbocycles. The fourth-order valence-electron chi connectivity index (χ4n) is 3.50. The van der Waals surface area contributed by atoms with E-state index in [2.05, 4.69) is 5.32 Å². The molecule has 0 aromatic heterocycles. The maximum atomic E-state index is 13.0. The first-order chi connectivity index (χ1) is 12.9. The van der Waals surface area contributed by atoms with Crippen molar-refractivity contribution < 1.29 is 19.5 Å². The number of thioether (sulfide) groups is 1. The second-order valence-electron chi connectivity index (χ2n) is 6.74. The Bertz CT molecular complexity index is 959. The molecule has 6 nitrogen and oxygen atoms in total. The van der Waals surface area contributed by atoms with Crippen LogP contribution < -0.4 is 5.32 Å². The van der Waals surface area contributed by atoms with Crippen LogP contribution in [-0.4, -0.2) is 39.6 Å². The summed E-state index contributed by atoms with van der Waals surface area (Å²) in [4.78, 5) is 39.1. The SMILES string of the molecule is CC1Sc2ccc(C(=O)N3Cc4ccccc4C(C(=O)O)C3)cc2NC1=O. The van der Waals surface area contributed by atoms with Gasteiger partial charge in [-0.15, -0.1) is 11.8 Å². The first kappa shape index (κ1) is 17.6. The van der Waals surface area contributed by atoms with Crippen LogP contribution in [-0.2, 0) is 16.1 Å². The molecule has 0 bridgehead atoms. The van der Waals surface area contributed by atoms with E-state index >= 15 is 0 Å². The highest BCUT2D eigenvalue weighted by atomic mass is 32.2. The molecule has 2 aliphatic rings. The third-order valence-corrected chi connectivity index (χ3v) is 6.11. The smallest absolute Gasteiger partial charge is 0.312 e. The summed E-state index contributed by atoms with van der Waals surface area (Å²) in [7, 11) is 0. The highest BCUT2D eigenvalue weighted by Crippen LogP contribution is 2.36. The molecule has 27 heavy (non-hydrogen) atoms. The zero-order chi connectivity index (χ0) is 19.1. The van der Waals surface area contributed by atoms with Gasteiger partial charge in [-0.25, -0.2) is 0 Å². The summed E-state index contributed by atoms with van der Waals surface area (Å²) in [5.41, 5.74) is 2.67. The molecule has 0 fully saturated rings. The molecule has 2 N–H and O–H groups in total. The van der Waals surface area contributed by atoms with Gasteiger partial charge in [-0.3, -0.25) is 14.4 Å². The van der Waals surface area contributed by atoms with Crippen molar-refractivity contribution in [3.8, 4) is 0 Å². The van der Waals surface area contributed by atoms with Gasteiger partial charge in [0.25, 0.3) is 5.91 Å². The molecule has 4 rings (SSSR count). The van der Waals surface area contributed by atoms with Gasteiger partial charge < -0.3 is 15.3 Å². The van der Waals surface area contributed by atoms with E-state index in [1.165, 1.54) is 11.8 Å². The topological polar surface area (TPSA) is 86.7 Å². The van der Waals surface area contributed by atoms with Crippen LogP contribution in [0.2, 0.25) is 0 Å². The molecule has 7 heteroatoms. The predicted octanol–water partition coefficient (Wildman–Crippen LogP) is 2.94. The van der Waals surface area contributed by atoms with Gasteiger partial charge >= 0.3 is 5.97 Å². The Morgan fingerprint density at radius 3 is 2.78 bits per heavy atom. The summed E-state index contributed by atoms with van der Waals surface area (Å²) >= 11 is 1.46. The van der Waals surface area contributed by atoms with Crippen LogP contribution in [0.5, 0.6) is 0 Å². The van der Waals surface area contributed by atoms with Crippen LogP contribution in [0.25, 0.3) is 0 Å². The summed E-state index contributed by atoms with van der Waals surface area (Å²) in [6, 6.07) is 12.6. The first-order valence-corrected chi connectivity index (χ1v) is 9.53. The van der Waals surface area contributed by atoms with E-state index in [0.717, 1.165) is 16.0 Å². The van der Waals surface area contributed by atoms with Gasteiger partial charge in [-0.05, 0) is 36.2 Å².